The first kappa shape index (κ1) is 7.28. The first-order valence-corrected chi connectivity index (χ1v) is 3.31. The summed E-state index contributed by atoms with van der Waals surface area (Å²) in [5.74, 6) is 0.828. The van der Waals surface area contributed by atoms with Gasteiger partial charge in [0, 0.05) is 12.4 Å². The fourth-order valence-corrected chi connectivity index (χ4v) is 0.800. The summed E-state index contributed by atoms with van der Waals surface area (Å²) in [6.07, 6.45) is 3.15. The maximum Gasteiger partial charge on any atom is 0.236 e. The topological polar surface area (TPSA) is 35.0 Å². The average Bonchev–Trinajstić information content (AvgIpc) is 2.04. The summed E-state index contributed by atoms with van der Waals surface area (Å²) in [6, 6.07) is 0. The van der Waals surface area contributed by atoms with E-state index in [4.69, 9.17) is 16.3 Å². The summed E-state index contributed by atoms with van der Waals surface area (Å²) in [5.41, 5.74) is 0.673. The fraction of sp³-hybridized carbons (Fsp3) is 0.333. The van der Waals surface area contributed by atoms with Gasteiger partial charge in [0.15, 0.2) is 0 Å². The van der Waals surface area contributed by atoms with E-state index in [1.807, 2.05) is 0 Å². The molecule has 1 heterocycles. The summed E-state index contributed by atoms with van der Waals surface area (Å²) in [4.78, 5) is 7.85. The van der Waals surface area contributed by atoms with Gasteiger partial charge in [0.25, 0.3) is 0 Å². The largest absolute Gasteiger partial charge is 0.480 e. The number of methoxy groups -OCH3 is 1. The second-order valence-electron chi connectivity index (χ2n) is 1.65. The highest BCUT2D eigenvalue weighted by Crippen LogP contribution is 2.11. The van der Waals surface area contributed by atoms with Crippen molar-refractivity contribution < 1.29 is 4.74 Å². The number of rotatable bonds is 2. The van der Waals surface area contributed by atoms with Gasteiger partial charge in [-0.05, 0) is 0 Å². The summed E-state index contributed by atoms with van der Waals surface area (Å²) in [7, 11) is 1.54. The van der Waals surface area contributed by atoms with Crippen LogP contribution < -0.4 is 4.74 Å². The number of alkyl halides is 1. The predicted octanol–water partition coefficient (Wildman–Crippen LogP) is 1.22. The Labute approximate surface area is 64.0 Å². The Morgan fingerprint density at radius 2 is 2.20 bits per heavy atom. The molecule has 0 amide bonds. The van der Waals surface area contributed by atoms with Crippen molar-refractivity contribution in [3.63, 3.8) is 0 Å². The van der Waals surface area contributed by atoms with Crippen molar-refractivity contribution in [1.29, 1.82) is 0 Å². The van der Waals surface area contributed by atoms with E-state index in [0.717, 1.165) is 0 Å². The highest BCUT2D eigenvalue weighted by atomic mass is 35.5. The highest BCUT2D eigenvalue weighted by Gasteiger charge is 2.00. The monoisotopic (exact) mass is 158 g/mol. The smallest absolute Gasteiger partial charge is 0.236 e. The number of ether oxygens (including phenoxy) is 1. The number of hydrogen-bond acceptors (Lipinski definition) is 3. The number of aromatic nitrogens is 2. The molecule has 4 heteroatoms. The lowest BCUT2D eigenvalue weighted by molar-refractivity contribution is 0.391. The van der Waals surface area contributed by atoms with Gasteiger partial charge >= 0.3 is 0 Å². The molecule has 54 valence electrons. The van der Waals surface area contributed by atoms with Gasteiger partial charge in [0.2, 0.25) is 5.88 Å². The molecule has 1 rings (SSSR count). The van der Waals surface area contributed by atoms with Gasteiger partial charge < -0.3 is 4.74 Å². The van der Waals surface area contributed by atoms with E-state index < -0.39 is 0 Å². The first-order valence-electron chi connectivity index (χ1n) is 2.78. The normalized spacial score (nSPS) is 9.40. The van der Waals surface area contributed by atoms with Crippen LogP contribution in [0.25, 0.3) is 0 Å². The van der Waals surface area contributed by atoms with Crippen LogP contribution in [0.2, 0.25) is 0 Å². The quantitative estimate of drug-likeness (QED) is 0.608. The van der Waals surface area contributed by atoms with Gasteiger partial charge in [-0.25, -0.2) is 4.98 Å². The second kappa shape index (κ2) is 3.37. The zero-order chi connectivity index (χ0) is 7.40. The average molecular weight is 159 g/mol. The molecular weight excluding hydrogens is 152 g/mol. The van der Waals surface area contributed by atoms with Crippen LogP contribution in [-0.2, 0) is 5.88 Å². The summed E-state index contributed by atoms with van der Waals surface area (Å²) >= 11 is 5.53. The maximum atomic E-state index is 5.53. The Morgan fingerprint density at radius 1 is 1.50 bits per heavy atom. The Kier molecular flexibility index (Phi) is 2.45. The van der Waals surface area contributed by atoms with Gasteiger partial charge in [0.05, 0.1) is 13.0 Å². The SMILES string of the molecule is COc1nccnc1CCl. The van der Waals surface area contributed by atoms with Crippen LogP contribution in [0.3, 0.4) is 0 Å². The van der Waals surface area contributed by atoms with Crippen LogP contribution in [-0.4, -0.2) is 17.1 Å². The molecule has 10 heavy (non-hydrogen) atoms. The number of halogens is 1. The van der Waals surface area contributed by atoms with Crippen molar-refractivity contribution in [2.45, 2.75) is 5.88 Å². The van der Waals surface area contributed by atoms with Crippen LogP contribution in [0.5, 0.6) is 5.88 Å². The summed E-state index contributed by atoms with van der Waals surface area (Å²) < 4.78 is 4.88. The van der Waals surface area contributed by atoms with Gasteiger partial charge in [0.1, 0.15) is 5.69 Å². The fourth-order valence-electron chi connectivity index (χ4n) is 0.616. The molecule has 1 aromatic rings. The van der Waals surface area contributed by atoms with E-state index in [1.54, 1.807) is 19.5 Å². The van der Waals surface area contributed by atoms with E-state index in [9.17, 15) is 0 Å². The first-order chi connectivity index (χ1) is 4.88. The molecule has 0 aliphatic carbocycles. The van der Waals surface area contributed by atoms with Crippen molar-refractivity contribution in [1.82, 2.24) is 9.97 Å². The van der Waals surface area contributed by atoms with E-state index >= 15 is 0 Å². The molecule has 0 aliphatic heterocycles. The molecule has 0 aromatic carbocycles. The van der Waals surface area contributed by atoms with Crippen LogP contribution in [0, 0.1) is 0 Å². The molecule has 0 unspecified atom stereocenters. The lowest BCUT2D eigenvalue weighted by atomic mass is 10.5. The third-order valence-electron chi connectivity index (χ3n) is 1.06. The predicted molar refractivity (Wildman–Crippen MR) is 38.1 cm³/mol. The van der Waals surface area contributed by atoms with Crippen LogP contribution in [0.4, 0.5) is 0 Å². The minimum atomic E-state index is 0.330. The van der Waals surface area contributed by atoms with E-state index in [-0.39, 0.29) is 0 Å². The van der Waals surface area contributed by atoms with Crippen molar-refractivity contribution in [3.05, 3.63) is 18.1 Å². The molecule has 1 aromatic heterocycles. The summed E-state index contributed by atoms with van der Waals surface area (Å²) in [6.45, 7) is 0. The molecule has 0 fully saturated rings. The third-order valence-corrected chi connectivity index (χ3v) is 1.31. The molecule has 0 bridgehead atoms. The Bertz CT molecular complexity index is 194. The zero-order valence-corrected chi connectivity index (χ0v) is 6.30. The standard InChI is InChI=1S/C6H7ClN2O/c1-10-6-5(4-7)8-2-3-9-6/h2-3H,4H2,1H3. The Balaban J connectivity index is 2.96. The van der Waals surface area contributed by atoms with Crippen molar-refractivity contribution >= 4 is 11.6 Å². The number of hydrogen-bond donors (Lipinski definition) is 0. The molecule has 0 saturated carbocycles. The third kappa shape index (κ3) is 1.36. The van der Waals surface area contributed by atoms with Gasteiger partial charge in [-0.15, -0.1) is 11.6 Å². The Morgan fingerprint density at radius 3 is 2.70 bits per heavy atom. The highest BCUT2D eigenvalue weighted by molar-refractivity contribution is 6.17. The lowest BCUT2D eigenvalue weighted by Gasteiger charge is -2.00. The lowest BCUT2D eigenvalue weighted by Crippen LogP contribution is -1.94. The van der Waals surface area contributed by atoms with E-state index in [1.165, 1.54) is 0 Å². The molecule has 0 saturated heterocycles. The molecule has 0 spiro atoms. The van der Waals surface area contributed by atoms with Crippen molar-refractivity contribution in [2.75, 3.05) is 7.11 Å². The second-order valence-corrected chi connectivity index (χ2v) is 1.91. The zero-order valence-electron chi connectivity index (χ0n) is 5.54. The van der Waals surface area contributed by atoms with E-state index in [2.05, 4.69) is 9.97 Å². The van der Waals surface area contributed by atoms with Gasteiger partial charge in [-0.1, -0.05) is 0 Å². The Hall–Kier alpha value is -0.830. The van der Waals surface area contributed by atoms with Crippen LogP contribution >= 0.6 is 11.6 Å². The molecular formula is C6H7ClN2O. The van der Waals surface area contributed by atoms with Crippen LogP contribution in [0.1, 0.15) is 5.69 Å². The van der Waals surface area contributed by atoms with Crippen LogP contribution in [0.15, 0.2) is 12.4 Å². The minimum absolute atomic E-state index is 0.330. The van der Waals surface area contributed by atoms with E-state index in [0.29, 0.717) is 17.5 Å². The van der Waals surface area contributed by atoms with Crippen molar-refractivity contribution in [2.24, 2.45) is 0 Å². The molecule has 3 nitrogen and oxygen atoms in total. The summed E-state index contributed by atoms with van der Waals surface area (Å²) in [5, 5.41) is 0. The van der Waals surface area contributed by atoms with Crippen molar-refractivity contribution in [3.8, 4) is 5.88 Å². The minimum Gasteiger partial charge on any atom is -0.480 e. The molecule has 0 radical (unpaired) electrons. The van der Waals surface area contributed by atoms with Gasteiger partial charge in [-0.3, -0.25) is 4.98 Å². The number of nitrogens with zero attached hydrogens (tertiary/aromatic N) is 2. The molecule has 0 aliphatic rings. The van der Waals surface area contributed by atoms with Gasteiger partial charge in [-0.2, -0.15) is 0 Å². The molecule has 0 atom stereocenters. The molecule has 0 N–H and O–H groups in total. The maximum absolute atomic E-state index is 5.53.